The van der Waals surface area contributed by atoms with E-state index in [9.17, 15) is 19.5 Å². The largest absolute Gasteiger partial charge is 0.465 e. The summed E-state index contributed by atoms with van der Waals surface area (Å²) in [7, 11) is 1.30. The first-order chi connectivity index (χ1) is 16.5. The minimum absolute atomic E-state index is 0.0361. The number of rotatable bonds is 5. The molecule has 0 fully saturated rings. The van der Waals surface area contributed by atoms with Crippen LogP contribution in [0.25, 0.3) is 11.0 Å². The van der Waals surface area contributed by atoms with E-state index in [0.29, 0.717) is 27.7 Å². The Morgan fingerprint density at radius 2 is 1.68 bits per heavy atom. The molecule has 170 valence electrons. The van der Waals surface area contributed by atoms with Crippen molar-refractivity contribution in [1.29, 1.82) is 0 Å². The first-order valence-corrected chi connectivity index (χ1v) is 10.8. The fraction of sp³-hybridized carbons (Fsp3) is 0.148. The van der Waals surface area contributed by atoms with E-state index < -0.39 is 24.0 Å². The number of esters is 1. The van der Waals surface area contributed by atoms with E-state index in [-0.39, 0.29) is 23.3 Å². The Morgan fingerprint density at radius 3 is 2.38 bits per heavy atom. The van der Waals surface area contributed by atoms with Crippen molar-refractivity contribution >= 4 is 22.8 Å². The monoisotopic (exact) mass is 455 g/mol. The fourth-order valence-electron chi connectivity index (χ4n) is 4.39. The molecule has 1 aromatic heterocycles. The standard InChI is InChI=1S/C27H21NO6/c1-33-27(32)18-13-11-17(12-14-18)23-22-24(30)19-9-5-6-10-21(19)34-25(22)26(31)28(23)15-20(29)16-7-3-2-4-8-16/h2-14,20,23,29H,15H2,1H3/t20-,23-/m1/s1. The summed E-state index contributed by atoms with van der Waals surface area (Å²) in [5, 5.41) is 11.3. The van der Waals surface area contributed by atoms with Gasteiger partial charge in [-0.3, -0.25) is 9.59 Å². The highest BCUT2D eigenvalue weighted by molar-refractivity contribution is 5.99. The third-order valence-corrected chi connectivity index (χ3v) is 6.07. The van der Waals surface area contributed by atoms with Crippen LogP contribution in [0.1, 0.15) is 49.7 Å². The number of amides is 1. The quantitative estimate of drug-likeness (QED) is 0.459. The van der Waals surface area contributed by atoms with Crippen LogP contribution in [0, 0.1) is 0 Å². The van der Waals surface area contributed by atoms with Crippen molar-refractivity contribution in [3.63, 3.8) is 0 Å². The molecule has 0 spiro atoms. The summed E-state index contributed by atoms with van der Waals surface area (Å²) < 4.78 is 10.7. The van der Waals surface area contributed by atoms with Crippen molar-refractivity contribution in [2.24, 2.45) is 0 Å². The number of hydrogen-bond acceptors (Lipinski definition) is 6. The zero-order valence-electron chi connectivity index (χ0n) is 18.3. The van der Waals surface area contributed by atoms with E-state index >= 15 is 0 Å². The zero-order chi connectivity index (χ0) is 23.8. The predicted molar refractivity (Wildman–Crippen MR) is 125 cm³/mol. The van der Waals surface area contributed by atoms with Gasteiger partial charge in [0.2, 0.25) is 5.76 Å². The molecule has 2 atom stereocenters. The summed E-state index contributed by atoms with van der Waals surface area (Å²) in [4.78, 5) is 40.3. The van der Waals surface area contributed by atoms with Crippen molar-refractivity contribution in [1.82, 2.24) is 4.90 Å². The second-order valence-corrected chi connectivity index (χ2v) is 8.07. The molecule has 7 heteroatoms. The van der Waals surface area contributed by atoms with Gasteiger partial charge in [-0.15, -0.1) is 0 Å². The highest BCUT2D eigenvalue weighted by atomic mass is 16.5. The molecule has 2 heterocycles. The van der Waals surface area contributed by atoms with Crippen LogP contribution in [-0.2, 0) is 4.74 Å². The molecule has 1 aliphatic heterocycles. The summed E-state index contributed by atoms with van der Waals surface area (Å²) >= 11 is 0. The molecule has 34 heavy (non-hydrogen) atoms. The van der Waals surface area contributed by atoms with Crippen LogP contribution < -0.4 is 5.43 Å². The molecule has 1 amide bonds. The molecule has 3 aromatic carbocycles. The van der Waals surface area contributed by atoms with Crippen molar-refractivity contribution < 1.29 is 23.8 Å². The third-order valence-electron chi connectivity index (χ3n) is 6.07. The van der Waals surface area contributed by atoms with Gasteiger partial charge in [0.25, 0.3) is 5.91 Å². The number of carbonyl (C=O) groups is 2. The van der Waals surface area contributed by atoms with Crippen LogP contribution in [0.5, 0.6) is 0 Å². The second kappa shape index (κ2) is 8.61. The lowest BCUT2D eigenvalue weighted by molar-refractivity contribution is 0.0579. The van der Waals surface area contributed by atoms with Gasteiger partial charge in [-0.25, -0.2) is 4.79 Å². The highest BCUT2D eigenvalue weighted by Gasteiger charge is 2.43. The number of fused-ring (bicyclic) bond motifs is 2. The van der Waals surface area contributed by atoms with Gasteiger partial charge in [-0.2, -0.15) is 0 Å². The molecular weight excluding hydrogens is 434 g/mol. The summed E-state index contributed by atoms with van der Waals surface area (Å²) in [5.41, 5.74) is 1.85. The molecule has 0 saturated heterocycles. The van der Waals surface area contributed by atoms with Crippen molar-refractivity contribution in [3.8, 4) is 0 Å². The summed E-state index contributed by atoms with van der Waals surface area (Å²) in [5.74, 6) is -1.00. The number of nitrogens with zero attached hydrogens (tertiary/aromatic N) is 1. The molecule has 5 rings (SSSR count). The first-order valence-electron chi connectivity index (χ1n) is 10.8. The number of carbonyl (C=O) groups excluding carboxylic acids is 2. The van der Waals surface area contributed by atoms with Gasteiger partial charge in [-0.1, -0.05) is 54.6 Å². The van der Waals surface area contributed by atoms with Gasteiger partial charge in [0, 0.05) is 0 Å². The molecule has 4 aromatic rings. The van der Waals surface area contributed by atoms with Crippen molar-refractivity contribution in [3.05, 3.63) is 117 Å². The van der Waals surface area contributed by atoms with E-state index in [4.69, 9.17) is 9.15 Å². The topological polar surface area (TPSA) is 97.0 Å². The molecule has 0 aliphatic carbocycles. The Labute approximate surface area is 194 Å². The third kappa shape index (κ3) is 3.56. The number of hydrogen-bond donors (Lipinski definition) is 1. The Kier molecular flexibility index (Phi) is 5.47. The van der Waals surface area contributed by atoms with E-state index in [1.54, 1.807) is 72.8 Å². The van der Waals surface area contributed by atoms with Gasteiger partial charge >= 0.3 is 5.97 Å². The Balaban J connectivity index is 1.64. The van der Waals surface area contributed by atoms with Gasteiger partial charge in [0.05, 0.1) is 42.3 Å². The number of methoxy groups -OCH3 is 1. The van der Waals surface area contributed by atoms with Crippen LogP contribution in [0.2, 0.25) is 0 Å². The van der Waals surface area contributed by atoms with Crippen LogP contribution in [0.4, 0.5) is 0 Å². The molecule has 1 aliphatic rings. The van der Waals surface area contributed by atoms with E-state index in [0.717, 1.165) is 0 Å². The average molecular weight is 455 g/mol. The number of benzene rings is 3. The Morgan fingerprint density at radius 1 is 1.00 bits per heavy atom. The van der Waals surface area contributed by atoms with Gasteiger partial charge in [0.15, 0.2) is 5.43 Å². The average Bonchev–Trinajstić information content (AvgIpc) is 3.15. The smallest absolute Gasteiger partial charge is 0.337 e. The van der Waals surface area contributed by atoms with Crippen LogP contribution in [-0.4, -0.2) is 35.5 Å². The number of aliphatic hydroxyl groups is 1. The number of para-hydroxylation sites is 1. The van der Waals surface area contributed by atoms with E-state index in [1.807, 2.05) is 6.07 Å². The minimum atomic E-state index is -0.971. The molecule has 0 saturated carbocycles. The van der Waals surface area contributed by atoms with Gasteiger partial charge in [0.1, 0.15) is 5.58 Å². The lowest BCUT2D eigenvalue weighted by Gasteiger charge is -2.27. The Hall–Kier alpha value is -4.23. The number of β-amino-alcohol motifs (C(OH)–C–C–N with tert-alkyl or cyclic N) is 1. The minimum Gasteiger partial charge on any atom is -0.465 e. The zero-order valence-corrected chi connectivity index (χ0v) is 18.3. The van der Waals surface area contributed by atoms with E-state index in [2.05, 4.69) is 0 Å². The SMILES string of the molecule is COC(=O)c1ccc([C@@H]2c3c(oc4ccccc4c3=O)C(=O)N2C[C@@H](O)c2ccccc2)cc1. The lowest BCUT2D eigenvalue weighted by Crippen LogP contribution is -2.33. The van der Waals surface area contributed by atoms with Gasteiger partial charge in [-0.05, 0) is 35.4 Å². The molecule has 1 N–H and O–H groups in total. The van der Waals surface area contributed by atoms with E-state index in [1.165, 1.54) is 12.0 Å². The summed E-state index contributed by atoms with van der Waals surface area (Å²) in [6.45, 7) is -0.0494. The maximum atomic E-state index is 13.5. The number of ether oxygens (including phenoxy) is 1. The molecule has 0 radical (unpaired) electrons. The molecule has 0 bridgehead atoms. The number of aliphatic hydroxyl groups excluding tert-OH is 1. The highest BCUT2D eigenvalue weighted by Crippen LogP contribution is 2.39. The summed E-state index contributed by atoms with van der Waals surface area (Å²) in [6, 6.07) is 21.5. The Bertz CT molecular complexity index is 1440. The fourth-order valence-corrected chi connectivity index (χ4v) is 4.39. The van der Waals surface area contributed by atoms with Crippen LogP contribution >= 0.6 is 0 Å². The normalized spacial score (nSPS) is 15.9. The predicted octanol–water partition coefficient (Wildman–Crippen LogP) is 3.86. The van der Waals surface area contributed by atoms with Crippen LogP contribution in [0.15, 0.2) is 88.1 Å². The lowest BCUT2D eigenvalue weighted by atomic mass is 9.97. The second-order valence-electron chi connectivity index (χ2n) is 8.07. The van der Waals surface area contributed by atoms with Gasteiger partial charge < -0.3 is 19.2 Å². The molecule has 7 nitrogen and oxygen atoms in total. The van der Waals surface area contributed by atoms with Crippen LogP contribution in [0.3, 0.4) is 0 Å². The first kappa shape index (κ1) is 21.6. The maximum absolute atomic E-state index is 13.5. The van der Waals surface area contributed by atoms with Crippen molar-refractivity contribution in [2.75, 3.05) is 13.7 Å². The van der Waals surface area contributed by atoms with Crippen molar-refractivity contribution in [2.45, 2.75) is 12.1 Å². The summed E-state index contributed by atoms with van der Waals surface area (Å²) in [6.07, 6.45) is -0.971. The maximum Gasteiger partial charge on any atom is 0.337 e. The molecular formula is C27H21NO6. The molecule has 0 unspecified atom stereocenters.